The average molecular weight is 278 g/mol. The SMILES string of the molecule is CN1CCC(CN(C)C(=O)c2c(O)cccc2O)CC1. The largest absolute Gasteiger partial charge is 0.507 e. The number of carbonyl (C=O) groups excluding carboxylic acids is 1. The van der Waals surface area contributed by atoms with Crippen molar-refractivity contribution in [3.63, 3.8) is 0 Å². The number of rotatable bonds is 3. The van der Waals surface area contributed by atoms with Gasteiger partial charge in [0.15, 0.2) is 0 Å². The second-order valence-electron chi connectivity index (χ2n) is 5.60. The van der Waals surface area contributed by atoms with E-state index in [0.29, 0.717) is 12.5 Å². The molecule has 1 aliphatic heterocycles. The van der Waals surface area contributed by atoms with Gasteiger partial charge in [0.1, 0.15) is 17.1 Å². The van der Waals surface area contributed by atoms with E-state index >= 15 is 0 Å². The summed E-state index contributed by atoms with van der Waals surface area (Å²) in [5.74, 6) is -0.205. The van der Waals surface area contributed by atoms with Crippen LogP contribution in [0.25, 0.3) is 0 Å². The summed E-state index contributed by atoms with van der Waals surface area (Å²) in [6.07, 6.45) is 2.14. The predicted molar refractivity (Wildman–Crippen MR) is 77.0 cm³/mol. The van der Waals surface area contributed by atoms with E-state index in [0.717, 1.165) is 25.9 Å². The van der Waals surface area contributed by atoms with Crippen LogP contribution in [0.3, 0.4) is 0 Å². The van der Waals surface area contributed by atoms with E-state index in [4.69, 9.17) is 0 Å². The zero-order valence-electron chi connectivity index (χ0n) is 12.0. The molecule has 2 rings (SSSR count). The van der Waals surface area contributed by atoms with Crippen LogP contribution in [-0.4, -0.2) is 59.6 Å². The third kappa shape index (κ3) is 3.22. The summed E-state index contributed by atoms with van der Waals surface area (Å²) in [7, 11) is 3.82. The van der Waals surface area contributed by atoms with Crippen LogP contribution in [-0.2, 0) is 0 Å². The molecule has 1 aliphatic rings. The number of piperidine rings is 1. The first-order valence-corrected chi connectivity index (χ1v) is 6.94. The van der Waals surface area contributed by atoms with Gasteiger partial charge in [-0.2, -0.15) is 0 Å². The highest BCUT2D eigenvalue weighted by Crippen LogP contribution is 2.28. The minimum atomic E-state index is -0.334. The van der Waals surface area contributed by atoms with E-state index in [1.54, 1.807) is 11.9 Å². The molecule has 20 heavy (non-hydrogen) atoms. The average Bonchev–Trinajstić information content (AvgIpc) is 2.41. The van der Waals surface area contributed by atoms with Crippen molar-refractivity contribution >= 4 is 5.91 Å². The number of phenolic OH excluding ortho intramolecular Hbond substituents is 2. The van der Waals surface area contributed by atoms with Gasteiger partial charge in [0.05, 0.1) is 0 Å². The molecular weight excluding hydrogens is 256 g/mol. The van der Waals surface area contributed by atoms with Gasteiger partial charge in [-0.05, 0) is 51.0 Å². The molecule has 5 heteroatoms. The molecule has 0 aliphatic carbocycles. The molecule has 0 atom stereocenters. The fraction of sp³-hybridized carbons (Fsp3) is 0.533. The molecular formula is C15H22N2O3. The van der Waals surface area contributed by atoms with Crippen molar-refractivity contribution in [2.24, 2.45) is 5.92 Å². The van der Waals surface area contributed by atoms with E-state index in [2.05, 4.69) is 11.9 Å². The first kappa shape index (κ1) is 14.7. The monoisotopic (exact) mass is 278 g/mol. The third-order valence-corrected chi connectivity index (χ3v) is 3.95. The molecule has 0 radical (unpaired) electrons. The number of hydrogen-bond donors (Lipinski definition) is 2. The number of aromatic hydroxyl groups is 2. The van der Waals surface area contributed by atoms with Crippen LogP contribution >= 0.6 is 0 Å². The number of amides is 1. The van der Waals surface area contributed by atoms with Gasteiger partial charge in [-0.3, -0.25) is 4.79 Å². The molecule has 1 fully saturated rings. The van der Waals surface area contributed by atoms with Gasteiger partial charge in [-0.1, -0.05) is 6.07 Å². The van der Waals surface area contributed by atoms with Crippen molar-refractivity contribution in [3.8, 4) is 11.5 Å². The van der Waals surface area contributed by atoms with Gasteiger partial charge in [0, 0.05) is 13.6 Å². The highest BCUT2D eigenvalue weighted by molar-refractivity contribution is 5.99. The van der Waals surface area contributed by atoms with Crippen molar-refractivity contribution in [3.05, 3.63) is 23.8 Å². The molecule has 1 aromatic rings. The van der Waals surface area contributed by atoms with Crippen molar-refractivity contribution in [2.45, 2.75) is 12.8 Å². The number of benzene rings is 1. The van der Waals surface area contributed by atoms with Gasteiger partial charge in [0.25, 0.3) is 5.91 Å². The Morgan fingerprint density at radius 1 is 1.30 bits per heavy atom. The molecule has 1 aromatic carbocycles. The predicted octanol–water partition coefficient (Wildman–Crippen LogP) is 1.51. The second-order valence-corrected chi connectivity index (χ2v) is 5.60. The lowest BCUT2D eigenvalue weighted by atomic mass is 9.96. The molecule has 110 valence electrons. The number of carbonyl (C=O) groups is 1. The summed E-state index contributed by atoms with van der Waals surface area (Å²) in [5.41, 5.74) is -0.0112. The maximum Gasteiger partial charge on any atom is 0.261 e. The van der Waals surface area contributed by atoms with Crippen LogP contribution < -0.4 is 0 Å². The number of hydrogen-bond acceptors (Lipinski definition) is 4. The lowest BCUT2D eigenvalue weighted by molar-refractivity contribution is 0.0741. The maximum atomic E-state index is 12.3. The van der Waals surface area contributed by atoms with E-state index in [9.17, 15) is 15.0 Å². The number of likely N-dealkylation sites (tertiary alicyclic amines) is 1. The Labute approximate surface area is 119 Å². The Kier molecular flexibility index (Phi) is 4.49. The molecule has 0 unspecified atom stereocenters. The first-order valence-electron chi connectivity index (χ1n) is 6.94. The van der Waals surface area contributed by atoms with Gasteiger partial charge < -0.3 is 20.0 Å². The molecule has 0 spiro atoms. The molecule has 1 saturated heterocycles. The van der Waals surface area contributed by atoms with Crippen LogP contribution in [0.5, 0.6) is 11.5 Å². The number of phenols is 2. The minimum absolute atomic E-state index is 0.0112. The summed E-state index contributed by atoms with van der Waals surface area (Å²) in [6, 6.07) is 4.34. The Bertz CT molecular complexity index is 462. The van der Waals surface area contributed by atoms with E-state index in [1.807, 2.05) is 0 Å². The van der Waals surface area contributed by atoms with Crippen LogP contribution in [0.2, 0.25) is 0 Å². The molecule has 5 nitrogen and oxygen atoms in total. The molecule has 0 saturated carbocycles. The standard InChI is InChI=1S/C15H22N2O3/c1-16-8-6-11(7-9-16)10-17(2)15(20)14-12(18)4-3-5-13(14)19/h3-5,11,18-19H,6-10H2,1-2H3. The summed E-state index contributed by atoms with van der Waals surface area (Å²) in [6.45, 7) is 2.75. The van der Waals surface area contributed by atoms with Gasteiger partial charge >= 0.3 is 0 Å². The van der Waals surface area contributed by atoms with Crippen molar-refractivity contribution in [1.29, 1.82) is 0 Å². The van der Waals surface area contributed by atoms with E-state index < -0.39 is 0 Å². The van der Waals surface area contributed by atoms with E-state index in [1.165, 1.54) is 18.2 Å². The lowest BCUT2D eigenvalue weighted by Gasteiger charge is -2.31. The van der Waals surface area contributed by atoms with Gasteiger partial charge in [-0.15, -0.1) is 0 Å². The highest BCUT2D eigenvalue weighted by atomic mass is 16.3. The maximum absolute atomic E-state index is 12.3. The topological polar surface area (TPSA) is 64.0 Å². The number of nitrogens with zero attached hydrogens (tertiary/aromatic N) is 2. The Balaban J connectivity index is 2.02. The van der Waals surface area contributed by atoms with Crippen molar-refractivity contribution in [1.82, 2.24) is 9.80 Å². The van der Waals surface area contributed by atoms with Gasteiger partial charge in [0.2, 0.25) is 0 Å². The Morgan fingerprint density at radius 3 is 2.40 bits per heavy atom. The molecule has 2 N–H and O–H groups in total. The first-order chi connectivity index (χ1) is 9.49. The molecule has 1 heterocycles. The van der Waals surface area contributed by atoms with Crippen molar-refractivity contribution < 1.29 is 15.0 Å². The summed E-state index contributed by atoms with van der Waals surface area (Å²) >= 11 is 0. The van der Waals surface area contributed by atoms with Crippen LogP contribution in [0.1, 0.15) is 23.2 Å². The quantitative estimate of drug-likeness (QED) is 0.879. The van der Waals surface area contributed by atoms with Crippen molar-refractivity contribution in [2.75, 3.05) is 33.7 Å². The highest BCUT2D eigenvalue weighted by Gasteiger charge is 2.24. The summed E-state index contributed by atoms with van der Waals surface area (Å²) < 4.78 is 0. The smallest absolute Gasteiger partial charge is 0.261 e. The molecule has 1 amide bonds. The zero-order chi connectivity index (χ0) is 14.7. The summed E-state index contributed by atoms with van der Waals surface area (Å²) in [5, 5.41) is 19.5. The van der Waals surface area contributed by atoms with Crippen LogP contribution in [0.15, 0.2) is 18.2 Å². The lowest BCUT2D eigenvalue weighted by Crippen LogP contribution is -2.38. The van der Waals surface area contributed by atoms with E-state index in [-0.39, 0.29) is 23.0 Å². The normalized spacial score (nSPS) is 17.1. The minimum Gasteiger partial charge on any atom is -0.507 e. The van der Waals surface area contributed by atoms with Gasteiger partial charge in [-0.25, -0.2) is 0 Å². The zero-order valence-corrected chi connectivity index (χ0v) is 12.0. The van der Waals surface area contributed by atoms with Crippen LogP contribution in [0, 0.1) is 5.92 Å². The molecule has 0 bridgehead atoms. The molecule has 0 aromatic heterocycles. The Morgan fingerprint density at radius 2 is 1.85 bits per heavy atom. The third-order valence-electron chi connectivity index (χ3n) is 3.95. The Hall–Kier alpha value is -1.75. The summed E-state index contributed by atoms with van der Waals surface area (Å²) in [4.78, 5) is 16.2. The fourth-order valence-corrected chi connectivity index (χ4v) is 2.65. The second kappa shape index (κ2) is 6.13. The fourth-order valence-electron chi connectivity index (χ4n) is 2.65. The van der Waals surface area contributed by atoms with Crippen LogP contribution in [0.4, 0.5) is 0 Å².